The van der Waals surface area contributed by atoms with E-state index in [2.05, 4.69) is 15.9 Å². The van der Waals surface area contributed by atoms with Gasteiger partial charge in [-0.15, -0.1) is 0 Å². The summed E-state index contributed by atoms with van der Waals surface area (Å²) in [4.78, 5) is 25.3. The van der Waals surface area contributed by atoms with Crippen LogP contribution in [-0.4, -0.2) is 35.0 Å². The van der Waals surface area contributed by atoms with Crippen LogP contribution in [0.4, 0.5) is 0 Å². The fraction of sp³-hybridized carbons (Fsp3) is 0.467. The number of carboxylic acids is 1. The van der Waals surface area contributed by atoms with Crippen molar-refractivity contribution in [3.8, 4) is 0 Å². The summed E-state index contributed by atoms with van der Waals surface area (Å²) in [5, 5.41) is 9.11. The van der Waals surface area contributed by atoms with Crippen molar-refractivity contribution in [3.05, 3.63) is 33.8 Å². The van der Waals surface area contributed by atoms with Crippen LogP contribution in [0.25, 0.3) is 0 Å². The minimum Gasteiger partial charge on any atom is -0.481 e. The summed E-state index contributed by atoms with van der Waals surface area (Å²) in [7, 11) is 0. The molecule has 2 atom stereocenters. The third-order valence-corrected chi connectivity index (χ3v) is 4.80. The van der Waals surface area contributed by atoms with E-state index in [0.717, 1.165) is 10.0 Å². The van der Waals surface area contributed by atoms with Crippen molar-refractivity contribution in [1.29, 1.82) is 0 Å². The Bertz CT molecular complexity index is 544. The fourth-order valence-electron chi connectivity index (χ4n) is 2.66. The van der Waals surface area contributed by atoms with E-state index in [0.29, 0.717) is 25.1 Å². The topological polar surface area (TPSA) is 57.6 Å². The van der Waals surface area contributed by atoms with Crippen molar-refractivity contribution < 1.29 is 14.7 Å². The summed E-state index contributed by atoms with van der Waals surface area (Å²) in [5.41, 5.74) is 1.68. The van der Waals surface area contributed by atoms with Gasteiger partial charge in [-0.1, -0.05) is 22.9 Å². The van der Waals surface area contributed by atoms with Gasteiger partial charge < -0.3 is 10.0 Å². The van der Waals surface area contributed by atoms with E-state index in [1.807, 2.05) is 26.0 Å². The van der Waals surface area contributed by atoms with E-state index in [1.165, 1.54) is 0 Å². The van der Waals surface area contributed by atoms with Crippen LogP contribution in [0.2, 0.25) is 0 Å². The maximum Gasteiger partial charge on any atom is 0.306 e. The molecule has 108 valence electrons. The number of carbonyl (C=O) groups is 2. The van der Waals surface area contributed by atoms with Crippen LogP contribution in [0.3, 0.4) is 0 Å². The van der Waals surface area contributed by atoms with Gasteiger partial charge in [-0.3, -0.25) is 9.59 Å². The fourth-order valence-corrected chi connectivity index (χ4v) is 2.90. The summed E-state index contributed by atoms with van der Waals surface area (Å²) in [6.45, 7) is 4.85. The molecule has 1 aromatic rings. The van der Waals surface area contributed by atoms with Gasteiger partial charge in [-0.2, -0.15) is 0 Å². The quantitative estimate of drug-likeness (QED) is 0.901. The van der Waals surface area contributed by atoms with Gasteiger partial charge >= 0.3 is 5.97 Å². The first-order chi connectivity index (χ1) is 9.40. The number of rotatable bonds is 2. The minimum atomic E-state index is -0.760. The van der Waals surface area contributed by atoms with E-state index in [1.54, 1.807) is 11.0 Å². The maximum atomic E-state index is 12.4. The first-order valence-corrected chi connectivity index (χ1v) is 7.47. The Hall–Kier alpha value is -1.36. The molecule has 0 bridgehead atoms. The summed E-state index contributed by atoms with van der Waals surface area (Å²) in [6, 6.07) is 5.53. The third kappa shape index (κ3) is 3.03. The second-order valence-electron chi connectivity index (χ2n) is 5.43. The van der Waals surface area contributed by atoms with E-state index >= 15 is 0 Å². The highest BCUT2D eigenvalue weighted by Gasteiger charge is 2.33. The number of hydrogen-bond acceptors (Lipinski definition) is 2. The van der Waals surface area contributed by atoms with E-state index in [9.17, 15) is 9.59 Å². The van der Waals surface area contributed by atoms with E-state index < -0.39 is 5.97 Å². The Balaban J connectivity index is 2.11. The largest absolute Gasteiger partial charge is 0.481 e. The average Bonchev–Trinajstić information content (AvgIpc) is 2.40. The Morgan fingerprint density at radius 1 is 1.40 bits per heavy atom. The number of carboxylic acid groups (broad SMARTS) is 1. The van der Waals surface area contributed by atoms with Crippen molar-refractivity contribution in [2.75, 3.05) is 13.1 Å². The molecule has 0 saturated carbocycles. The van der Waals surface area contributed by atoms with E-state index in [4.69, 9.17) is 5.11 Å². The molecule has 1 fully saturated rings. The molecule has 1 N–H and O–H groups in total. The number of aryl methyl sites for hydroxylation is 1. The summed E-state index contributed by atoms with van der Waals surface area (Å²) in [6.07, 6.45) is 0.526. The molecule has 0 aromatic heterocycles. The lowest BCUT2D eigenvalue weighted by molar-refractivity contribution is -0.145. The highest BCUT2D eigenvalue weighted by atomic mass is 79.9. The van der Waals surface area contributed by atoms with Crippen molar-refractivity contribution >= 4 is 27.8 Å². The summed E-state index contributed by atoms with van der Waals surface area (Å²) < 4.78 is 0.979. The lowest BCUT2D eigenvalue weighted by Gasteiger charge is -2.35. The molecule has 1 amide bonds. The molecule has 2 rings (SSSR count). The van der Waals surface area contributed by atoms with Crippen molar-refractivity contribution in [3.63, 3.8) is 0 Å². The van der Waals surface area contributed by atoms with Gasteiger partial charge in [0.2, 0.25) is 0 Å². The molecule has 0 spiro atoms. The molecule has 1 aliphatic rings. The van der Waals surface area contributed by atoms with Crippen LogP contribution >= 0.6 is 15.9 Å². The summed E-state index contributed by atoms with van der Waals surface area (Å²) in [5.74, 6) is -1.13. The summed E-state index contributed by atoms with van der Waals surface area (Å²) >= 11 is 3.42. The average molecular weight is 340 g/mol. The number of carbonyl (C=O) groups excluding carboxylic acids is 1. The normalized spacial score (nSPS) is 22.6. The number of hydrogen-bond donors (Lipinski definition) is 1. The second-order valence-corrected chi connectivity index (χ2v) is 6.28. The number of piperidine rings is 1. The molecule has 4 nitrogen and oxygen atoms in total. The zero-order chi connectivity index (χ0) is 14.9. The lowest BCUT2D eigenvalue weighted by atomic mass is 9.87. The first kappa shape index (κ1) is 15.0. The van der Waals surface area contributed by atoms with Crippen molar-refractivity contribution in [2.24, 2.45) is 11.8 Å². The molecule has 1 aromatic carbocycles. The third-order valence-electron chi connectivity index (χ3n) is 3.91. The Labute approximate surface area is 126 Å². The highest BCUT2D eigenvalue weighted by Crippen LogP contribution is 2.25. The first-order valence-electron chi connectivity index (χ1n) is 6.68. The number of benzene rings is 1. The van der Waals surface area contributed by atoms with Gasteiger partial charge in [0.05, 0.1) is 5.92 Å². The van der Waals surface area contributed by atoms with Crippen molar-refractivity contribution in [2.45, 2.75) is 20.3 Å². The van der Waals surface area contributed by atoms with Crippen molar-refractivity contribution in [1.82, 2.24) is 4.90 Å². The number of nitrogens with zero attached hydrogens (tertiary/aromatic N) is 1. The number of aliphatic carboxylic acids is 1. The molecule has 1 aliphatic heterocycles. The standard InChI is InChI=1S/C15H18BrNO3/c1-9-7-11(3-4-13(9)16)14(18)17-6-5-12(15(19)20)10(2)8-17/h3-4,7,10,12H,5-6,8H2,1-2H3,(H,19,20). The Morgan fingerprint density at radius 2 is 2.10 bits per heavy atom. The molecule has 2 unspecified atom stereocenters. The zero-order valence-corrected chi connectivity index (χ0v) is 13.2. The van der Waals surface area contributed by atoms with Gasteiger partial charge in [-0.05, 0) is 43.0 Å². The van der Waals surface area contributed by atoms with Crippen LogP contribution in [-0.2, 0) is 4.79 Å². The lowest BCUT2D eigenvalue weighted by Crippen LogP contribution is -2.45. The van der Waals surface area contributed by atoms with Gasteiger partial charge in [0.15, 0.2) is 0 Å². The Morgan fingerprint density at radius 3 is 2.65 bits per heavy atom. The predicted molar refractivity (Wildman–Crippen MR) is 79.7 cm³/mol. The molecule has 20 heavy (non-hydrogen) atoms. The van der Waals surface area contributed by atoms with Crippen LogP contribution in [0.1, 0.15) is 29.3 Å². The number of amides is 1. The van der Waals surface area contributed by atoms with E-state index in [-0.39, 0.29) is 17.7 Å². The number of likely N-dealkylation sites (tertiary alicyclic amines) is 1. The SMILES string of the molecule is Cc1cc(C(=O)N2CCC(C(=O)O)C(C)C2)ccc1Br. The molecular weight excluding hydrogens is 322 g/mol. The van der Waals surface area contributed by atoms with Gasteiger partial charge in [-0.25, -0.2) is 0 Å². The smallest absolute Gasteiger partial charge is 0.306 e. The number of halogens is 1. The van der Waals surface area contributed by atoms with Crippen LogP contribution in [0.5, 0.6) is 0 Å². The van der Waals surface area contributed by atoms with Crippen LogP contribution in [0.15, 0.2) is 22.7 Å². The zero-order valence-electron chi connectivity index (χ0n) is 11.6. The van der Waals surface area contributed by atoms with Gasteiger partial charge in [0, 0.05) is 23.1 Å². The maximum absolute atomic E-state index is 12.4. The van der Waals surface area contributed by atoms with Crippen LogP contribution in [0, 0.1) is 18.8 Å². The second kappa shape index (κ2) is 5.95. The molecule has 1 saturated heterocycles. The van der Waals surface area contributed by atoms with Gasteiger partial charge in [0.25, 0.3) is 5.91 Å². The minimum absolute atomic E-state index is 0.0123. The molecule has 1 heterocycles. The molecule has 0 radical (unpaired) electrons. The van der Waals surface area contributed by atoms with Gasteiger partial charge in [0.1, 0.15) is 0 Å². The highest BCUT2D eigenvalue weighted by molar-refractivity contribution is 9.10. The molecular formula is C15H18BrNO3. The predicted octanol–water partition coefficient (Wildman–Crippen LogP) is 2.94. The Kier molecular flexibility index (Phi) is 4.48. The molecule has 0 aliphatic carbocycles. The monoisotopic (exact) mass is 339 g/mol. The molecule has 5 heteroatoms. The van der Waals surface area contributed by atoms with Crippen LogP contribution < -0.4 is 0 Å².